The van der Waals surface area contributed by atoms with E-state index in [2.05, 4.69) is 36.2 Å². The van der Waals surface area contributed by atoms with Crippen molar-refractivity contribution in [1.29, 1.82) is 5.26 Å². The number of carbonyl (C=O) groups is 1. The number of hydrogen-bond donors (Lipinski definition) is 4. The molecule has 0 aliphatic carbocycles. The van der Waals surface area contributed by atoms with Crippen molar-refractivity contribution in [1.82, 2.24) is 25.0 Å². The molecule has 2 aliphatic heterocycles. The number of thiocarbonyl (C=S) groups is 1. The predicted molar refractivity (Wildman–Crippen MR) is 225 cm³/mol. The molecule has 4 N–H and O–H groups in total. The molecular formula is C42H36F5N11O3S. The van der Waals surface area contributed by atoms with E-state index >= 15 is 4.39 Å². The topological polar surface area (TPSA) is 169 Å². The van der Waals surface area contributed by atoms with Crippen molar-refractivity contribution in [3.8, 4) is 6.07 Å². The summed E-state index contributed by atoms with van der Waals surface area (Å²) in [5.74, 6) is -1.70. The van der Waals surface area contributed by atoms with Crippen molar-refractivity contribution in [3.05, 3.63) is 129 Å². The maximum absolute atomic E-state index is 15.4. The van der Waals surface area contributed by atoms with Crippen LogP contribution in [-0.4, -0.2) is 67.8 Å². The molecule has 0 saturated carbocycles. The molecule has 6 aromatic rings. The van der Waals surface area contributed by atoms with Crippen LogP contribution in [0.2, 0.25) is 0 Å². The maximum Gasteiger partial charge on any atom is 0.417 e. The largest absolute Gasteiger partial charge is 0.417 e. The Kier molecular flexibility index (Phi) is 10.9. The number of halogens is 5. The second-order valence-electron chi connectivity index (χ2n) is 15.1. The number of aromatic nitrogens is 5. The summed E-state index contributed by atoms with van der Waals surface area (Å²) in [6.07, 6.45) is -3.41. The number of aromatic amines is 1. The van der Waals surface area contributed by atoms with Crippen LogP contribution < -0.4 is 31.3 Å². The number of aryl methyl sites for hydroxylation is 1. The molecule has 1 saturated heterocycles. The molecule has 0 unspecified atom stereocenters. The molecule has 62 heavy (non-hydrogen) atoms. The highest BCUT2D eigenvalue weighted by atomic mass is 32.1. The molecule has 4 heterocycles. The van der Waals surface area contributed by atoms with E-state index in [1.807, 2.05) is 24.3 Å². The number of hydrogen-bond acceptors (Lipinski definition) is 11. The lowest BCUT2D eigenvalue weighted by molar-refractivity contribution is -0.137. The first kappa shape index (κ1) is 41.7. The Labute approximate surface area is 355 Å². The number of nitriles is 1. The first-order valence-electron chi connectivity index (χ1n) is 19.2. The zero-order valence-electron chi connectivity index (χ0n) is 33.1. The van der Waals surface area contributed by atoms with Crippen LogP contribution >= 0.6 is 12.2 Å². The van der Waals surface area contributed by atoms with Gasteiger partial charge in [0.2, 0.25) is 0 Å². The molecule has 318 valence electrons. The van der Waals surface area contributed by atoms with Crippen molar-refractivity contribution in [2.45, 2.75) is 37.5 Å². The molecule has 2 aliphatic rings. The zero-order valence-corrected chi connectivity index (χ0v) is 34.0. The van der Waals surface area contributed by atoms with Gasteiger partial charge in [0, 0.05) is 42.6 Å². The van der Waals surface area contributed by atoms with E-state index in [1.54, 1.807) is 17.8 Å². The number of carbonyl (C=O) groups excluding carboxylic acids is 1. The number of nitrogens with zero attached hydrogens (tertiary/aromatic N) is 7. The molecule has 14 nitrogen and oxygen atoms in total. The van der Waals surface area contributed by atoms with Crippen LogP contribution in [-0.2, 0) is 22.8 Å². The Bertz CT molecular complexity index is 2840. The van der Waals surface area contributed by atoms with E-state index in [4.69, 9.17) is 17.0 Å². The lowest BCUT2D eigenvalue weighted by Gasteiger charge is -2.33. The first-order valence-corrected chi connectivity index (χ1v) is 19.6. The summed E-state index contributed by atoms with van der Waals surface area (Å²) >= 11 is 5.56. The van der Waals surface area contributed by atoms with Gasteiger partial charge in [0.1, 0.15) is 29.3 Å². The number of amides is 1. The minimum atomic E-state index is -4.84. The van der Waals surface area contributed by atoms with Crippen LogP contribution in [0.25, 0.3) is 10.8 Å². The fraction of sp³-hybridized carbons (Fsp3) is 0.262. The van der Waals surface area contributed by atoms with Crippen molar-refractivity contribution in [2.24, 2.45) is 7.05 Å². The Morgan fingerprint density at radius 2 is 1.69 bits per heavy atom. The van der Waals surface area contributed by atoms with Crippen LogP contribution in [0.4, 0.5) is 50.4 Å². The number of rotatable bonds is 12. The van der Waals surface area contributed by atoms with E-state index in [0.717, 1.165) is 22.2 Å². The molecule has 2 atom stereocenters. The molecule has 0 spiro atoms. The van der Waals surface area contributed by atoms with Crippen molar-refractivity contribution in [2.75, 3.05) is 52.1 Å². The van der Waals surface area contributed by atoms with E-state index in [0.29, 0.717) is 41.8 Å². The number of nitrogens with one attached hydrogen (secondary N) is 4. The van der Waals surface area contributed by atoms with Gasteiger partial charge in [-0.3, -0.25) is 19.2 Å². The van der Waals surface area contributed by atoms with Crippen LogP contribution in [0.15, 0.2) is 83.9 Å². The predicted octanol–water partition coefficient (Wildman–Crippen LogP) is 6.98. The second-order valence-corrected chi connectivity index (χ2v) is 15.4. The van der Waals surface area contributed by atoms with Gasteiger partial charge in [0.15, 0.2) is 5.11 Å². The Balaban J connectivity index is 0.853. The Morgan fingerprint density at radius 1 is 0.968 bits per heavy atom. The zero-order chi connectivity index (χ0) is 44.1. The standard InChI is InChI=1S/C42H36F5N11O3S/c1-41(2)39(60)57(26-9-6-23(20-48)29(18-26)42(45,46)47)40(62)58(41)27-10-11-31(30(44)19-27)50-13-15-61-14-12-49-25-7-4-22(5-8-25)35-34(37-51-21-52-56(37)3)36-33-28(38(59)55-54-36)16-24(43)17-32(33)53-35/h4-11,16-19,21,34-35,49-50,53H,12-15H2,1-3H3,(H,55,59)/t34-,35-/m1/s1. The molecule has 8 rings (SSSR count). The van der Waals surface area contributed by atoms with Crippen LogP contribution in [0.5, 0.6) is 0 Å². The average Bonchev–Trinajstić information content (AvgIpc) is 3.73. The molecule has 2 aromatic heterocycles. The van der Waals surface area contributed by atoms with Crippen LogP contribution in [0.1, 0.15) is 54.0 Å². The van der Waals surface area contributed by atoms with E-state index in [-0.39, 0.29) is 40.7 Å². The quantitative estimate of drug-likeness (QED) is 0.0567. The Hall–Kier alpha value is -6.98. The summed E-state index contributed by atoms with van der Waals surface area (Å²) in [7, 11) is 1.77. The Morgan fingerprint density at radius 3 is 2.37 bits per heavy atom. The van der Waals surface area contributed by atoms with Gasteiger partial charge < -0.3 is 25.6 Å². The third kappa shape index (κ3) is 7.53. The summed E-state index contributed by atoms with van der Waals surface area (Å²) in [5, 5.41) is 30.6. The van der Waals surface area contributed by atoms with Gasteiger partial charge in [0.25, 0.3) is 11.5 Å². The summed E-state index contributed by atoms with van der Waals surface area (Å²) in [4.78, 5) is 32.9. The molecule has 1 amide bonds. The average molecular weight is 870 g/mol. The van der Waals surface area contributed by atoms with E-state index in [9.17, 15) is 32.4 Å². The molecular weight excluding hydrogens is 834 g/mol. The number of anilines is 5. The van der Waals surface area contributed by atoms with Crippen molar-refractivity contribution < 1.29 is 31.5 Å². The van der Waals surface area contributed by atoms with Gasteiger partial charge in [0.05, 0.1) is 64.8 Å². The third-order valence-corrected chi connectivity index (χ3v) is 11.2. The van der Waals surface area contributed by atoms with Crippen LogP contribution in [0.3, 0.4) is 0 Å². The summed E-state index contributed by atoms with van der Waals surface area (Å²) in [6.45, 7) is 4.34. The smallest absolute Gasteiger partial charge is 0.383 e. The minimum absolute atomic E-state index is 0.150. The number of ether oxygens (including phenoxy) is 1. The van der Waals surface area contributed by atoms with Crippen molar-refractivity contribution in [3.63, 3.8) is 0 Å². The van der Waals surface area contributed by atoms with E-state index < -0.39 is 57.9 Å². The van der Waals surface area contributed by atoms with Gasteiger partial charge >= 0.3 is 6.18 Å². The highest BCUT2D eigenvalue weighted by Gasteiger charge is 2.51. The summed E-state index contributed by atoms with van der Waals surface area (Å²) < 4.78 is 78.5. The van der Waals surface area contributed by atoms with Gasteiger partial charge in [-0.15, -0.1) is 0 Å². The summed E-state index contributed by atoms with van der Waals surface area (Å²) in [6, 6.07) is 18.4. The molecule has 20 heteroatoms. The number of benzene rings is 4. The minimum Gasteiger partial charge on any atom is -0.383 e. The van der Waals surface area contributed by atoms with Crippen molar-refractivity contribution >= 4 is 62.4 Å². The van der Waals surface area contributed by atoms with Gasteiger partial charge in [-0.2, -0.15) is 28.6 Å². The normalized spacial score (nSPS) is 17.0. The van der Waals surface area contributed by atoms with Gasteiger partial charge in [-0.25, -0.2) is 18.9 Å². The summed E-state index contributed by atoms with van der Waals surface area (Å²) in [5.41, 5.74) is -0.815. The third-order valence-electron chi connectivity index (χ3n) is 10.8. The fourth-order valence-electron chi connectivity index (χ4n) is 7.85. The fourth-order valence-corrected chi connectivity index (χ4v) is 8.37. The molecule has 1 fully saturated rings. The molecule has 0 radical (unpaired) electrons. The lowest BCUT2D eigenvalue weighted by atomic mass is 9.83. The monoisotopic (exact) mass is 869 g/mol. The lowest BCUT2D eigenvalue weighted by Crippen LogP contribution is -2.44. The first-order chi connectivity index (χ1) is 29.6. The SMILES string of the molecule is Cn1ncnc1[C@H]1c2n[nH]c(=O)c3cc(F)cc(c23)N[C@@H]1c1ccc(NCCOCCNc2ccc(N3C(=S)N(c4ccc(C#N)c(C(F)(F)F)c4)C(=O)C3(C)C)cc2F)cc1. The molecule has 0 bridgehead atoms. The van der Waals surface area contributed by atoms with Gasteiger partial charge in [-0.05, 0) is 92.3 Å². The highest BCUT2D eigenvalue weighted by Crippen LogP contribution is 2.46. The highest BCUT2D eigenvalue weighted by molar-refractivity contribution is 7.81. The van der Waals surface area contributed by atoms with Crippen LogP contribution in [0, 0.1) is 23.0 Å². The van der Waals surface area contributed by atoms with E-state index in [1.165, 1.54) is 61.5 Å². The number of H-pyrrole nitrogens is 1. The van der Waals surface area contributed by atoms with Gasteiger partial charge in [-0.1, -0.05) is 12.1 Å². The second kappa shape index (κ2) is 16.1. The number of alkyl halides is 3. The molecule has 4 aromatic carbocycles. The maximum atomic E-state index is 15.4.